The molecule has 2 fully saturated rings. The van der Waals surface area contributed by atoms with Gasteiger partial charge in [0.15, 0.2) is 0 Å². The summed E-state index contributed by atoms with van der Waals surface area (Å²) in [5.74, 6) is 0.892. The highest BCUT2D eigenvalue weighted by Crippen LogP contribution is 2.24. The Labute approximate surface area is 73.8 Å². The van der Waals surface area contributed by atoms with E-state index in [0.29, 0.717) is 6.61 Å². The van der Waals surface area contributed by atoms with E-state index in [4.69, 9.17) is 5.11 Å². The number of aliphatic hydroxyl groups is 1. The Morgan fingerprint density at radius 3 is 3.08 bits per heavy atom. The van der Waals surface area contributed by atoms with Gasteiger partial charge in [0.25, 0.3) is 0 Å². The third-order valence-electron chi connectivity index (χ3n) is 3.07. The topological polar surface area (TPSA) is 35.5 Å². The second-order valence-corrected chi connectivity index (χ2v) is 3.95. The predicted octanol–water partition coefficient (Wildman–Crippen LogP) is -0.337. The van der Waals surface area contributed by atoms with Gasteiger partial charge in [0, 0.05) is 32.3 Å². The average Bonchev–Trinajstić information content (AvgIpc) is 2.58. The maximum Gasteiger partial charge on any atom is 0.0443 e. The molecule has 0 amide bonds. The zero-order valence-electron chi connectivity index (χ0n) is 7.50. The molecule has 0 unspecified atom stereocenters. The van der Waals surface area contributed by atoms with E-state index in [-0.39, 0.29) is 0 Å². The molecule has 0 aromatic carbocycles. The van der Waals surface area contributed by atoms with Crippen LogP contribution in [0.4, 0.5) is 0 Å². The first kappa shape index (κ1) is 8.48. The van der Waals surface area contributed by atoms with Crippen LogP contribution in [0.5, 0.6) is 0 Å². The van der Waals surface area contributed by atoms with Gasteiger partial charge in [-0.1, -0.05) is 0 Å². The van der Waals surface area contributed by atoms with Crippen molar-refractivity contribution in [2.24, 2.45) is 5.92 Å². The number of fused-ring (bicyclic) bond motifs is 1. The van der Waals surface area contributed by atoms with E-state index in [1.54, 1.807) is 0 Å². The summed E-state index contributed by atoms with van der Waals surface area (Å²) in [6.07, 6.45) is 2.28. The second-order valence-electron chi connectivity index (χ2n) is 3.95. The van der Waals surface area contributed by atoms with Gasteiger partial charge in [0.05, 0.1) is 0 Å². The zero-order valence-corrected chi connectivity index (χ0v) is 7.50. The standard InChI is InChI=1S/C9H18N2O/c12-5-1-4-11-6-8-2-3-10-9(8)7-11/h8-10,12H,1-7H2/t8-,9+/m0/s1. The smallest absolute Gasteiger partial charge is 0.0443 e. The molecule has 2 saturated heterocycles. The Morgan fingerprint density at radius 2 is 2.33 bits per heavy atom. The molecule has 70 valence electrons. The van der Waals surface area contributed by atoms with Crippen LogP contribution in [0.3, 0.4) is 0 Å². The first-order valence-corrected chi connectivity index (χ1v) is 4.97. The van der Waals surface area contributed by atoms with Gasteiger partial charge in [0.2, 0.25) is 0 Å². The Kier molecular flexibility index (Phi) is 2.63. The summed E-state index contributed by atoms with van der Waals surface area (Å²) >= 11 is 0. The molecule has 2 aliphatic rings. The summed E-state index contributed by atoms with van der Waals surface area (Å²) in [4.78, 5) is 2.47. The van der Waals surface area contributed by atoms with E-state index in [0.717, 1.165) is 24.9 Å². The Balaban J connectivity index is 1.75. The van der Waals surface area contributed by atoms with Crippen LogP contribution in [0.15, 0.2) is 0 Å². The molecular formula is C9H18N2O. The van der Waals surface area contributed by atoms with Crippen LogP contribution in [-0.2, 0) is 0 Å². The molecule has 0 saturated carbocycles. The van der Waals surface area contributed by atoms with Gasteiger partial charge < -0.3 is 15.3 Å². The first-order valence-electron chi connectivity index (χ1n) is 4.97. The highest BCUT2D eigenvalue weighted by molar-refractivity contribution is 4.93. The molecule has 2 aliphatic heterocycles. The van der Waals surface area contributed by atoms with Crippen molar-refractivity contribution in [3.8, 4) is 0 Å². The van der Waals surface area contributed by atoms with Crippen molar-refractivity contribution in [2.45, 2.75) is 18.9 Å². The van der Waals surface area contributed by atoms with E-state index in [1.807, 2.05) is 0 Å². The van der Waals surface area contributed by atoms with Gasteiger partial charge in [-0.25, -0.2) is 0 Å². The zero-order chi connectivity index (χ0) is 8.39. The fraction of sp³-hybridized carbons (Fsp3) is 1.00. The Bertz CT molecular complexity index is 139. The largest absolute Gasteiger partial charge is 0.396 e. The molecule has 0 radical (unpaired) electrons. The highest BCUT2D eigenvalue weighted by Gasteiger charge is 2.35. The van der Waals surface area contributed by atoms with Gasteiger partial charge >= 0.3 is 0 Å². The maximum atomic E-state index is 8.69. The van der Waals surface area contributed by atoms with Crippen LogP contribution in [0.25, 0.3) is 0 Å². The minimum Gasteiger partial charge on any atom is -0.396 e. The molecule has 3 heteroatoms. The minimum atomic E-state index is 0.333. The Morgan fingerprint density at radius 1 is 1.42 bits per heavy atom. The fourth-order valence-corrected chi connectivity index (χ4v) is 2.42. The van der Waals surface area contributed by atoms with Crippen molar-refractivity contribution < 1.29 is 5.11 Å². The molecular weight excluding hydrogens is 152 g/mol. The SMILES string of the molecule is OCCCN1C[C@@H]2CCN[C@@H]2C1. The monoisotopic (exact) mass is 170 g/mol. The lowest BCUT2D eigenvalue weighted by atomic mass is 10.1. The number of aliphatic hydroxyl groups excluding tert-OH is 1. The van der Waals surface area contributed by atoms with Crippen molar-refractivity contribution in [3.05, 3.63) is 0 Å². The van der Waals surface area contributed by atoms with E-state index < -0.39 is 0 Å². The highest BCUT2D eigenvalue weighted by atomic mass is 16.3. The van der Waals surface area contributed by atoms with Crippen LogP contribution in [-0.4, -0.2) is 48.8 Å². The van der Waals surface area contributed by atoms with E-state index >= 15 is 0 Å². The molecule has 0 spiro atoms. The number of nitrogens with one attached hydrogen (secondary N) is 1. The molecule has 2 N–H and O–H groups in total. The second kappa shape index (κ2) is 3.73. The average molecular weight is 170 g/mol. The van der Waals surface area contributed by atoms with Crippen LogP contribution >= 0.6 is 0 Å². The van der Waals surface area contributed by atoms with E-state index in [2.05, 4.69) is 10.2 Å². The molecule has 2 atom stereocenters. The summed E-state index contributed by atoms with van der Waals surface area (Å²) in [5.41, 5.74) is 0. The molecule has 0 aliphatic carbocycles. The van der Waals surface area contributed by atoms with Gasteiger partial charge in [0.1, 0.15) is 0 Å². The fourth-order valence-electron chi connectivity index (χ4n) is 2.42. The third kappa shape index (κ3) is 1.63. The number of likely N-dealkylation sites (tertiary alicyclic amines) is 1. The number of hydrogen-bond donors (Lipinski definition) is 2. The van der Waals surface area contributed by atoms with E-state index in [1.165, 1.54) is 26.1 Å². The molecule has 0 aromatic heterocycles. The summed E-state index contributed by atoms with van der Waals surface area (Å²) < 4.78 is 0. The van der Waals surface area contributed by atoms with Crippen LogP contribution in [0, 0.1) is 5.92 Å². The van der Waals surface area contributed by atoms with Crippen LogP contribution in [0.1, 0.15) is 12.8 Å². The molecule has 12 heavy (non-hydrogen) atoms. The molecule has 2 heterocycles. The lowest BCUT2D eigenvalue weighted by Crippen LogP contribution is -2.30. The molecule has 0 bridgehead atoms. The third-order valence-corrected chi connectivity index (χ3v) is 3.07. The number of nitrogens with zero attached hydrogens (tertiary/aromatic N) is 1. The van der Waals surface area contributed by atoms with Crippen molar-refractivity contribution in [1.82, 2.24) is 10.2 Å². The maximum absolute atomic E-state index is 8.69. The quantitative estimate of drug-likeness (QED) is 0.608. The Hall–Kier alpha value is -0.120. The molecule has 3 nitrogen and oxygen atoms in total. The van der Waals surface area contributed by atoms with Crippen LogP contribution < -0.4 is 5.32 Å². The molecule has 2 rings (SSSR count). The van der Waals surface area contributed by atoms with E-state index in [9.17, 15) is 0 Å². The lowest BCUT2D eigenvalue weighted by Gasteiger charge is -2.15. The van der Waals surface area contributed by atoms with Gasteiger partial charge in [-0.05, 0) is 25.3 Å². The van der Waals surface area contributed by atoms with Crippen molar-refractivity contribution in [1.29, 1.82) is 0 Å². The summed E-state index contributed by atoms with van der Waals surface area (Å²) in [6.45, 7) is 5.07. The van der Waals surface area contributed by atoms with Gasteiger partial charge in [-0.2, -0.15) is 0 Å². The van der Waals surface area contributed by atoms with Crippen molar-refractivity contribution >= 4 is 0 Å². The predicted molar refractivity (Wildman–Crippen MR) is 48.0 cm³/mol. The van der Waals surface area contributed by atoms with Gasteiger partial charge in [-0.15, -0.1) is 0 Å². The normalized spacial score (nSPS) is 35.8. The number of rotatable bonds is 3. The lowest BCUT2D eigenvalue weighted by molar-refractivity contribution is 0.241. The molecule has 0 aromatic rings. The number of hydrogen-bond acceptors (Lipinski definition) is 3. The first-order chi connectivity index (χ1) is 5.90. The van der Waals surface area contributed by atoms with Crippen LogP contribution in [0.2, 0.25) is 0 Å². The minimum absolute atomic E-state index is 0.333. The summed E-state index contributed by atoms with van der Waals surface area (Å²) in [6, 6.07) is 0.753. The summed E-state index contributed by atoms with van der Waals surface area (Å²) in [7, 11) is 0. The van der Waals surface area contributed by atoms with Gasteiger partial charge in [-0.3, -0.25) is 0 Å². The summed E-state index contributed by atoms with van der Waals surface area (Å²) in [5, 5.41) is 12.2. The van der Waals surface area contributed by atoms with Crippen molar-refractivity contribution in [2.75, 3.05) is 32.8 Å². The van der Waals surface area contributed by atoms with Crippen molar-refractivity contribution in [3.63, 3.8) is 0 Å².